The molecule has 168 valence electrons. The molecule has 0 bridgehead atoms. The van der Waals surface area contributed by atoms with Gasteiger partial charge in [0, 0.05) is 31.9 Å². The third-order valence-electron chi connectivity index (χ3n) is 5.55. The monoisotopic (exact) mass is 530 g/mol. The van der Waals surface area contributed by atoms with Crippen molar-refractivity contribution in [3.63, 3.8) is 0 Å². The Balaban J connectivity index is 0.00000320. The van der Waals surface area contributed by atoms with Gasteiger partial charge in [-0.2, -0.15) is 0 Å². The van der Waals surface area contributed by atoms with Crippen LogP contribution in [-0.4, -0.2) is 54.2 Å². The Morgan fingerprint density at radius 2 is 1.97 bits per heavy atom. The lowest BCUT2D eigenvalue weighted by molar-refractivity contribution is -0.149. The minimum absolute atomic E-state index is 0. The highest BCUT2D eigenvalue weighted by molar-refractivity contribution is 14.0. The van der Waals surface area contributed by atoms with Crippen LogP contribution in [0.1, 0.15) is 57.9 Å². The van der Waals surface area contributed by atoms with Crippen molar-refractivity contribution in [3.8, 4) is 5.88 Å². The number of carbonyl (C=O) groups excluding carboxylic acids is 1. The molecule has 1 saturated carbocycles. The fourth-order valence-electron chi connectivity index (χ4n) is 3.97. The number of aromatic nitrogens is 1. The van der Waals surface area contributed by atoms with Crippen LogP contribution in [0.3, 0.4) is 0 Å². The predicted octanol–water partition coefficient (Wildman–Crippen LogP) is 3.76. The van der Waals surface area contributed by atoms with Crippen LogP contribution in [0.2, 0.25) is 0 Å². The summed E-state index contributed by atoms with van der Waals surface area (Å²) in [5, 5.41) is 3.38. The van der Waals surface area contributed by atoms with Gasteiger partial charge in [0.2, 0.25) is 5.88 Å². The molecule has 0 unspecified atom stereocenters. The second-order valence-corrected chi connectivity index (χ2v) is 7.71. The van der Waals surface area contributed by atoms with Crippen molar-refractivity contribution < 1.29 is 14.3 Å². The van der Waals surface area contributed by atoms with E-state index in [1.54, 1.807) is 6.20 Å². The van der Waals surface area contributed by atoms with Crippen molar-refractivity contribution in [2.75, 3.05) is 26.2 Å². The van der Waals surface area contributed by atoms with Gasteiger partial charge in [-0.3, -0.25) is 4.79 Å². The number of esters is 1. The van der Waals surface area contributed by atoms with E-state index in [0.717, 1.165) is 56.8 Å². The minimum Gasteiger partial charge on any atom is -0.474 e. The molecule has 8 heteroatoms. The Morgan fingerprint density at radius 3 is 2.63 bits per heavy atom. The van der Waals surface area contributed by atoms with Crippen LogP contribution in [0.5, 0.6) is 5.88 Å². The summed E-state index contributed by atoms with van der Waals surface area (Å²) in [5.41, 5.74) is 1.09. The van der Waals surface area contributed by atoms with Crippen molar-refractivity contribution in [2.24, 2.45) is 10.9 Å². The topological polar surface area (TPSA) is 76.1 Å². The van der Waals surface area contributed by atoms with Crippen LogP contribution in [0, 0.1) is 5.92 Å². The lowest BCUT2D eigenvalue weighted by atomic mass is 9.97. The van der Waals surface area contributed by atoms with Gasteiger partial charge in [-0.1, -0.05) is 0 Å². The van der Waals surface area contributed by atoms with Crippen molar-refractivity contribution in [1.82, 2.24) is 15.2 Å². The second kappa shape index (κ2) is 13.0. The van der Waals surface area contributed by atoms with E-state index in [9.17, 15) is 4.79 Å². The zero-order chi connectivity index (χ0) is 20.5. The van der Waals surface area contributed by atoms with E-state index in [4.69, 9.17) is 14.5 Å². The number of carbonyl (C=O) groups is 1. The number of pyridine rings is 1. The maximum Gasteiger partial charge on any atom is 0.309 e. The summed E-state index contributed by atoms with van der Waals surface area (Å²) in [5.74, 6) is 1.53. The van der Waals surface area contributed by atoms with Gasteiger partial charge >= 0.3 is 5.97 Å². The molecule has 1 N–H and O–H groups in total. The normalized spacial score (nSPS) is 18.1. The quantitative estimate of drug-likeness (QED) is 0.251. The Labute approximate surface area is 197 Å². The molecule has 2 heterocycles. The molecule has 2 aliphatic rings. The molecule has 0 radical (unpaired) electrons. The Bertz CT molecular complexity index is 687. The summed E-state index contributed by atoms with van der Waals surface area (Å²) in [6.45, 7) is 7.37. The van der Waals surface area contributed by atoms with E-state index in [1.165, 1.54) is 12.8 Å². The molecule has 0 amide bonds. The summed E-state index contributed by atoms with van der Waals surface area (Å²) in [7, 11) is 0. The number of rotatable bonds is 7. The summed E-state index contributed by atoms with van der Waals surface area (Å²) in [4.78, 5) is 23.4. The number of aliphatic imine (C=N–C) groups is 1. The highest BCUT2D eigenvalue weighted by atomic mass is 127. The van der Waals surface area contributed by atoms with Crippen LogP contribution in [0.4, 0.5) is 0 Å². The molecule has 0 aromatic carbocycles. The Hall–Kier alpha value is -1.58. The SMILES string of the molecule is CCNC(=NCc1ccnc(OC2CCCC2)c1)N1CCC(C(=O)OCC)CC1.I. The molecule has 1 aliphatic heterocycles. The number of ether oxygens (including phenoxy) is 2. The van der Waals surface area contributed by atoms with Crippen LogP contribution in [0.25, 0.3) is 0 Å². The third kappa shape index (κ3) is 7.28. The maximum atomic E-state index is 12.0. The smallest absolute Gasteiger partial charge is 0.309 e. The lowest BCUT2D eigenvalue weighted by Gasteiger charge is -2.33. The molecule has 30 heavy (non-hydrogen) atoms. The molecule has 2 fully saturated rings. The molecular weight excluding hydrogens is 495 g/mol. The first kappa shape index (κ1) is 24.7. The number of piperidine rings is 1. The average molecular weight is 530 g/mol. The van der Waals surface area contributed by atoms with Crippen LogP contribution >= 0.6 is 24.0 Å². The molecule has 1 saturated heterocycles. The van der Waals surface area contributed by atoms with E-state index in [1.807, 2.05) is 19.1 Å². The van der Waals surface area contributed by atoms with Crippen molar-refractivity contribution in [2.45, 2.75) is 65.0 Å². The standard InChI is InChI=1S/C22H34N4O3.HI/c1-3-23-22(26-13-10-18(11-14-26)21(27)28-4-2)25-16-17-9-12-24-20(15-17)29-19-7-5-6-8-19;/h9,12,15,18-19H,3-8,10-11,13-14,16H2,1-2H3,(H,23,25);1H. The van der Waals surface area contributed by atoms with Crippen molar-refractivity contribution >= 4 is 35.9 Å². The Morgan fingerprint density at radius 1 is 1.23 bits per heavy atom. The maximum absolute atomic E-state index is 12.0. The zero-order valence-corrected chi connectivity index (χ0v) is 20.5. The number of nitrogens with zero attached hydrogens (tertiary/aromatic N) is 3. The zero-order valence-electron chi connectivity index (χ0n) is 18.1. The summed E-state index contributed by atoms with van der Waals surface area (Å²) < 4.78 is 11.2. The second-order valence-electron chi connectivity index (χ2n) is 7.71. The first-order valence-electron chi connectivity index (χ1n) is 11.0. The molecular formula is C22H35IN4O3. The van der Waals surface area contributed by atoms with Gasteiger partial charge in [-0.15, -0.1) is 24.0 Å². The van der Waals surface area contributed by atoms with Crippen molar-refractivity contribution in [3.05, 3.63) is 23.9 Å². The highest BCUT2D eigenvalue weighted by Crippen LogP contribution is 2.23. The molecule has 0 atom stereocenters. The first-order chi connectivity index (χ1) is 14.2. The minimum atomic E-state index is -0.0688. The van der Waals surface area contributed by atoms with E-state index >= 15 is 0 Å². The van der Waals surface area contributed by atoms with E-state index < -0.39 is 0 Å². The summed E-state index contributed by atoms with van der Waals surface area (Å²) in [6, 6.07) is 3.99. The van der Waals surface area contributed by atoms with E-state index in [-0.39, 0.29) is 35.9 Å². The molecule has 1 aromatic heterocycles. The average Bonchev–Trinajstić information content (AvgIpc) is 3.25. The predicted molar refractivity (Wildman–Crippen MR) is 128 cm³/mol. The van der Waals surface area contributed by atoms with E-state index in [0.29, 0.717) is 25.1 Å². The molecule has 1 aliphatic carbocycles. The van der Waals surface area contributed by atoms with Gasteiger partial charge in [-0.05, 0) is 64.0 Å². The number of guanidine groups is 1. The first-order valence-corrected chi connectivity index (χ1v) is 11.0. The molecule has 7 nitrogen and oxygen atoms in total. The van der Waals surface area contributed by atoms with Gasteiger partial charge < -0.3 is 19.7 Å². The van der Waals surface area contributed by atoms with Crippen LogP contribution < -0.4 is 10.1 Å². The number of likely N-dealkylation sites (tertiary alicyclic amines) is 1. The van der Waals surface area contributed by atoms with Gasteiger partial charge in [0.1, 0.15) is 6.10 Å². The number of nitrogens with one attached hydrogen (secondary N) is 1. The van der Waals surface area contributed by atoms with Gasteiger partial charge in [0.25, 0.3) is 0 Å². The Kier molecular flexibility index (Phi) is 10.7. The number of halogens is 1. The van der Waals surface area contributed by atoms with Crippen molar-refractivity contribution in [1.29, 1.82) is 0 Å². The van der Waals surface area contributed by atoms with E-state index in [2.05, 4.69) is 22.1 Å². The van der Waals surface area contributed by atoms with Gasteiger partial charge in [0.05, 0.1) is 19.1 Å². The number of hydrogen-bond acceptors (Lipinski definition) is 5. The third-order valence-corrected chi connectivity index (χ3v) is 5.55. The largest absolute Gasteiger partial charge is 0.474 e. The van der Waals surface area contributed by atoms with Gasteiger partial charge in [0.15, 0.2) is 5.96 Å². The van der Waals surface area contributed by atoms with Crippen LogP contribution in [-0.2, 0) is 16.1 Å². The molecule has 0 spiro atoms. The lowest BCUT2D eigenvalue weighted by Crippen LogP contribution is -2.46. The van der Waals surface area contributed by atoms with Crippen LogP contribution in [0.15, 0.2) is 23.3 Å². The fourth-order valence-corrected chi connectivity index (χ4v) is 3.97. The summed E-state index contributed by atoms with van der Waals surface area (Å²) in [6.07, 6.45) is 8.44. The van der Waals surface area contributed by atoms with Gasteiger partial charge in [-0.25, -0.2) is 9.98 Å². The molecule has 3 rings (SSSR count). The highest BCUT2D eigenvalue weighted by Gasteiger charge is 2.27. The number of hydrogen-bond donors (Lipinski definition) is 1. The molecule has 1 aromatic rings. The summed E-state index contributed by atoms with van der Waals surface area (Å²) >= 11 is 0. The fraction of sp³-hybridized carbons (Fsp3) is 0.682.